The molecule has 0 amide bonds. The van der Waals surface area contributed by atoms with E-state index in [4.69, 9.17) is 23.2 Å². The standard InChI is InChI=1S/C13H15Cl2N3/c1-18(2)6-5-17-11-3-4-16-12-8-9(14)7-10(15)13(11)12/h3-4,7-8H,5-6H2,1-2H3,(H,16,17). The normalized spacial score (nSPS) is 11.2. The number of nitrogens with one attached hydrogen (secondary N) is 1. The second-order valence-electron chi connectivity index (χ2n) is 4.37. The highest BCUT2D eigenvalue weighted by molar-refractivity contribution is 6.39. The Morgan fingerprint density at radius 1 is 1.28 bits per heavy atom. The van der Waals surface area contributed by atoms with Gasteiger partial charge >= 0.3 is 0 Å². The molecule has 0 fully saturated rings. The SMILES string of the molecule is CN(C)CCNc1ccnc2cc(Cl)cc(Cl)c12. The van der Waals surface area contributed by atoms with Crippen LogP contribution in [0.5, 0.6) is 0 Å². The van der Waals surface area contributed by atoms with Crippen molar-refractivity contribution < 1.29 is 0 Å². The first-order valence-corrected chi connectivity index (χ1v) is 6.46. The van der Waals surface area contributed by atoms with Crippen molar-refractivity contribution in [1.82, 2.24) is 9.88 Å². The quantitative estimate of drug-likeness (QED) is 0.931. The summed E-state index contributed by atoms with van der Waals surface area (Å²) in [5.74, 6) is 0. The van der Waals surface area contributed by atoms with Crippen molar-refractivity contribution in [3.8, 4) is 0 Å². The zero-order valence-corrected chi connectivity index (χ0v) is 11.9. The van der Waals surface area contributed by atoms with E-state index in [1.807, 2.05) is 26.2 Å². The van der Waals surface area contributed by atoms with Crippen molar-refractivity contribution in [3.05, 3.63) is 34.4 Å². The molecule has 0 aliphatic carbocycles. The van der Waals surface area contributed by atoms with Crippen LogP contribution in [0, 0.1) is 0 Å². The number of rotatable bonds is 4. The van der Waals surface area contributed by atoms with Gasteiger partial charge in [-0.05, 0) is 32.3 Å². The highest BCUT2D eigenvalue weighted by atomic mass is 35.5. The van der Waals surface area contributed by atoms with Crippen LogP contribution in [-0.2, 0) is 0 Å². The summed E-state index contributed by atoms with van der Waals surface area (Å²) in [4.78, 5) is 6.41. The smallest absolute Gasteiger partial charge is 0.0752 e. The van der Waals surface area contributed by atoms with Crippen LogP contribution in [0.2, 0.25) is 10.0 Å². The minimum atomic E-state index is 0.602. The molecule has 1 heterocycles. The number of fused-ring (bicyclic) bond motifs is 1. The first-order chi connectivity index (χ1) is 8.58. The van der Waals surface area contributed by atoms with Gasteiger partial charge in [-0.3, -0.25) is 4.98 Å². The van der Waals surface area contributed by atoms with Crippen LogP contribution in [0.1, 0.15) is 0 Å². The van der Waals surface area contributed by atoms with Crippen molar-refractivity contribution >= 4 is 39.8 Å². The molecule has 0 aliphatic heterocycles. The summed E-state index contributed by atoms with van der Waals surface area (Å²) in [5.41, 5.74) is 1.80. The average Bonchev–Trinajstić information content (AvgIpc) is 2.27. The summed E-state index contributed by atoms with van der Waals surface area (Å²) in [7, 11) is 4.08. The zero-order chi connectivity index (χ0) is 13.1. The first-order valence-electron chi connectivity index (χ1n) is 5.70. The van der Waals surface area contributed by atoms with Gasteiger partial charge in [-0.1, -0.05) is 23.2 Å². The van der Waals surface area contributed by atoms with Crippen LogP contribution in [0.3, 0.4) is 0 Å². The second kappa shape index (κ2) is 5.74. The zero-order valence-electron chi connectivity index (χ0n) is 10.4. The number of aromatic nitrogens is 1. The summed E-state index contributed by atoms with van der Waals surface area (Å²) in [6.07, 6.45) is 1.76. The summed E-state index contributed by atoms with van der Waals surface area (Å²) < 4.78 is 0. The molecule has 2 rings (SSSR count). The van der Waals surface area contributed by atoms with Crippen LogP contribution in [-0.4, -0.2) is 37.1 Å². The number of anilines is 1. The molecular formula is C13H15Cl2N3. The van der Waals surface area contributed by atoms with Crippen LogP contribution in [0.25, 0.3) is 10.9 Å². The molecule has 0 bridgehead atoms. The van der Waals surface area contributed by atoms with Gasteiger partial charge in [0.15, 0.2) is 0 Å². The molecule has 0 unspecified atom stereocenters. The molecule has 2 aromatic rings. The van der Waals surface area contributed by atoms with Gasteiger partial charge in [-0.15, -0.1) is 0 Å². The minimum Gasteiger partial charge on any atom is -0.383 e. The maximum absolute atomic E-state index is 6.23. The van der Waals surface area contributed by atoms with E-state index in [2.05, 4.69) is 15.2 Å². The lowest BCUT2D eigenvalue weighted by Crippen LogP contribution is -2.20. The van der Waals surface area contributed by atoms with Gasteiger partial charge in [0.2, 0.25) is 0 Å². The van der Waals surface area contributed by atoms with Crippen molar-refractivity contribution in [2.75, 3.05) is 32.5 Å². The number of hydrogen-bond acceptors (Lipinski definition) is 3. The topological polar surface area (TPSA) is 28.2 Å². The van der Waals surface area contributed by atoms with Gasteiger partial charge in [0.05, 0.1) is 10.5 Å². The fraction of sp³-hybridized carbons (Fsp3) is 0.308. The maximum Gasteiger partial charge on any atom is 0.0752 e. The monoisotopic (exact) mass is 283 g/mol. The molecule has 5 heteroatoms. The van der Waals surface area contributed by atoms with Crippen molar-refractivity contribution in [1.29, 1.82) is 0 Å². The number of benzene rings is 1. The molecule has 3 nitrogen and oxygen atoms in total. The number of halogens is 2. The maximum atomic E-state index is 6.23. The first kappa shape index (κ1) is 13.4. The van der Waals surface area contributed by atoms with E-state index >= 15 is 0 Å². The molecular weight excluding hydrogens is 269 g/mol. The van der Waals surface area contributed by atoms with E-state index in [0.717, 1.165) is 29.7 Å². The summed E-state index contributed by atoms with van der Waals surface area (Å²) >= 11 is 12.2. The molecule has 0 spiro atoms. The van der Waals surface area contributed by atoms with Crippen molar-refractivity contribution in [2.45, 2.75) is 0 Å². The Morgan fingerprint density at radius 2 is 2.06 bits per heavy atom. The molecule has 0 saturated heterocycles. The van der Waals surface area contributed by atoms with Crippen LogP contribution in [0.15, 0.2) is 24.4 Å². The van der Waals surface area contributed by atoms with E-state index in [9.17, 15) is 0 Å². The van der Waals surface area contributed by atoms with E-state index in [1.165, 1.54) is 0 Å². The van der Waals surface area contributed by atoms with Gasteiger partial charge in [-0.25, -0.2) is 0 Å². The van der Waals surface area contributed by atoms with E-state index in [1.54, 1.807) is 12.3 Å². The molecule has 0 radical (unpaired) electrons. The Labute approximate surface area is 117 Å². The molecule has 0 aliphatic rings. The fourth-order valence-electron chi connectivity index (χ4n) is 1.77. The van der Waals surface area contributed by atoms with Crippen molar-refractivity contribution in [2.24, 2.45) is 0 Å². The summed E-state index contributed by atoms with van der Waals surface area (Å²) in [5, 5.41) is 5.51. The van der Waals surface area contributed by atoms with Crippen molar-refractivity contribution in [3.63, 3.8) is 0 Å². The Hall–Kier alpha value is -1.03. The van der Waals surface area contributed by atoms with Gasteiger partial charge < -0.3 is 10.2 Å². The minimum absolute atomic E-state index is 0.602. The van der Waals surface area contributed by atoms with Crippen LogP contribution >= 0.6 is 23.2 Å². The number of pyridine rings is 1. The third-order valence-electron chi connectivity index (χ3n) is 2.63. The molecule has 0 atom stereocenters. The largest absolute Gasteiger partial charge is 0.383 e. The van der Waals surface area contributed by atoms with E-state index < -0.39 is 0 Å². The highest BCUT2D eigenvalue weighted by Gasteiger charge is 2.07. The Morgan fingerprint density at radius 3 is 2.78 bits per heavy atom. The lowest BCUT2D eigenvalue weighted by molar-refractivity contribution is 0.425. The molecule has 1 aromatic carbocycles. The predicted octanol–water partition coefficient (Wildman–Crippen LogP) is 3.52. The molecule has 96 valence electrons. The lowest BCUT2D eigenvalue weighted by atomic mass is 10.2. The number of likely N-dealkylation sites (N-methyl/N-ethyl adjacent to an activating group) is 1. The molecule has 1 aromatic heterocycles. The number of hydrogen-bond donors (Lipinski definition) is 1. The number of nitrogens with zero attached hydrogens (tertiary/aromatic N) is 2. The van der Waals surface area contributed by atoms with Gasteiger partial charge in [0, 0.05) is 35.4 Å². The average molecular weight is 284 g/mol. The van der Waals surface area contributed by atoms with Crippen LogP contribution in [0.4, 0.5) is 5.69 Å². The summed E-state index contributed by atoms with van der Waals surface area (Å²) in [6.45, 7) is 1.81. The Balaban J connectivity index is 2.33. The van der Waals surface area contributed by atoms with Crippen LogP contribution < -0.4 is 5.32 Å². The molecule has 1 N–H and O–H groups in total. The van der Waals surface area contributed by atoms with E-state index in [-0.39, 0.29) is 0 Å². The fourth-order valence-corrected chi connectivity index (χ4v) is 2.35. The third kappa shape index (κ3) is 3.05. The van der Waals surface area contributed by atoms with Gasteiger partial charge in [0.1, 0.15) is 0 Å². The second-order valence-corrected chi connectivity index (χ2v) is 5.21. The molecule has 0 saturated carbocycles. The highest BCUT2D eigenvalue weighted by Crippen LogP contribution is 2.31. The Bertz CT molecular complexity index is 555. The van der Waals surface area contributed by atoms with Gasteiger partial charge in [0.25, 0.3) is 0 Å². The molecule has 18 heavy (non-hydrogen) atoms. The predicted molar refractivity (Wildman–Crippen MR) is 78.8 cm³/mol. The third-order valence-corrected chi connectivity index (χ3v) is 3.15. The summed E-state index contributed by atoms with van der Waals surface area (Å²) in [6, 6.07) is 5.49. The lowest BCUT2D eigenvalue weighted by Gasteiger charge is -2.13. The van der Waals surface area contributed by atoms with E-state index in [0.29, 0.717) is 10.0 Å². The Kier molecular flexibility index (Phi) is 4.27. The van der Waals surface area contributed by atoms with Gasteiger partial charge in [-0.2, -0.15) is 0 Å².